The molecule has 2 rings (SSSR count). The Bertz CT molecular complexity index is 606. The molecule has 1 amide bonds. The number of amides is 1. The van der Waals surface area contributed by atoms with Crippen molar-refractivity contribution in [2.75, 3.05) is 44.7 Å². The molecule has 1 aliphatic rings. The molecule has 0 bridgehead atoms. The van der Waals surface area contributed by atoms with E-state index in [4.69, 9.17) is 10.00 Å². The molecular weight excluding hydrogens is 299 g/mol. The zero-order valence-corrected chi connectivity index (χ0v) is 12.7. The highest BCUT2D eigenvalue weighted by atomic mass is 19.1. The number of morpholine rings is 1. The Labute approximate surface area is 134 Å². The Balaban J connectivity index is 1.80. The van der Waals surface area contributed by atoms with Crippen molar-refractivity contribution < 1.29 is 13.9 Å². The molecule has 1 heterocycles. The van der Waals surface area contributed by atoms with E-state index in [1.165, 1.54) is 18.3 Å². The molecule has 0 unspecified atom stereocenters. The third-order valence-corrected chi connectivity index (χ3v) is 3.39. The summed E-state index contributed by atoms with van der Waals surface area (Å²) in [5.74, 6) is -0.846. The zero-order valence-electron chi connectivity index (χ0n) is 12.7. The van der Waals surface area contributed by atoms with Crippen LogP contribution in [0.3, 0.4) is 0 Å². The highest BCUT2D eigenvalue weighted by molar-refractivity contribution is 5.97. The SMILES string of the molecule is N#C/C(=C/Nc1cccc(F)c1)C(=O)NCCN1CCOCC1. The molecule has 1 aromatic carbocycles. The minimum Gasteiger partial charge on any atom is -0.379 e. The molecule has 1 aromatic rings. The summed E-state index contributed by atoms with van der Waals surface area (Å²) < 4.78 is 18.3. The van der Waals surface area contributed by atoms with Crippen LogP contribution in [0.15, 0.2) is 36.0 Å². The lowest BCUT2D eigenvalue weighted by Crippen LogP contribution is -2.41. The quantitative estimate of drug-likeness (QED) is 0.606. The van der Waals surface area contributed by atoms with Gasteiger partial charge in [-0.1, -0.05) is 6.07 Å². The summed E-state index contributed by atoms with van der Waals surface area (Å²) >= 11 is 0. The van der Waals surface area contributed by atoms with Gasteiger partial charge in [0, 0.05) is 38.1 Å². The van der Waals surface area contributed by atoms with Gasteiger partial charge in [-0.05, 0) is 18.2 Å². The largest absolute Gasteiger partial charge is 0.379 e. The number of halogens is 1. The van der Waals surface area contributed by atoms with Crippen molar-refractivity contribution in [1.82, 2.24) is 10.2 Å². The second-order valence-electron chi connectivity index (χ2n) is 5.03. The number of nitriles is 1. The number of carbonyl (C=O) groups excluding carboxylic acids is 1. The molecule has 1 saturated heterocycles. The first kappa shape index (κ1) is 16.9. The second kappa shape index (κ2) is 8.88. The number of hydrogen-bond donors (Lipinski definition) is 2. The molecule has 0 atom stereocenters. The van der Waals surface area contributed by atoms with Gasteiger partial charge in [0.05, 0.1) is 13.2 Å². The van der Waals surface area contributed by atoms with E-state index in [1.54, 1.807) is 12.1 Å². The van der Waals surface area contributed by atoms with Gasteiger partial charge in [-0.2, -0.15) is 5.26 Å². The van der Waals surface area contributed by atoms with Crippen molar-refractivity contribution in [1.29, 1.82) is 5.26 Å². The summed E-state index contributed by atoms with van der Waals surface area (Å²) in [7, 11) is 0. The predicted octanol–water partition coefficient (Wildman–Crippen LogP) is 1.09. The Kier molecular flexibility index (Phi) is 6.54. The first-order chi connectivity index (χ1) is 11.2. The van der Waals surface area contributed by atoms with E-state index in [0.29, 0.717) is 32.0 Å². The molecule has 23 heavy (non-hydrogen) atoms. The first-order valence-electron chi connectivity index (χ1n) is 7.40. The number of nitrogens with zero attached hydrogens (tertiary/aromatic N) is 2. The highest BCUT2D eigenvalue weighted by Gasteiger charge is 2.12. The Hall–Kier alpha value is -2.43. The fraction of sp³-hybridized carbons (Fsp3) is 0.375. The Morgan fingerprint density at radius 3 is 2.91 bits per heavy atom. The van der Waals surface area contributed by atoms with E-state index in [2.05, 4.69) is 15.5 Å². The molecule has 0 radical (unpaired) electrons. The molecule has 0 spiro atoms. The van der Waals surface area contributed by atoms with Crippen molar-refractivity contribution in [2.45, 2.75) is 0 Å². The summed E-state index contributed by atoms with van der Waals surface area (Å²) in [6, 6.07) is 7.62. The highest BCUT2D eigenvalue weighted by Crippen LogP contribution is 2.09. The first-order valence-corrected chi connectivity index (χ1v) is 7.40. The van der Waals surface area contributed by atoms with Crippen molar-refractivity contribution in [3.05, 3.63) is 41.9 Å². The molecule has 0 aliphatic carbocycles. The monoisotopic (exact) mass is 318 g/mol. The third-order valence-electron chi connectivity index (χ3n) is 3.39. The van der Waals surface area contributed by atoms with Crippen LogP contribution in [-0.2, 0) is 9.53 Å². The fourth-order valence-electron chi connectivity index (χ4n) is 2.13. The lowest BCUT2D eigenvalue weighted by atomic mass is 10.2. The normalized spacial score (nSPS) is 15.7. The van der Waals surface area contributed by atoms with Gasteiger partial charge in [-0.25, -0.2) is 4.39 Å². The number of rotatable bonds is 6. The third kappa shape index (κ3) is 5.70. The maximum absolute atomic E-state index is 13.1. The van der Waals surface area contributed by atoms with Crippen LogP contribution in [0.5, 0.6) is 0 Å². The van der Waals surface area contributed by atoms with E-state index in [0.717, 1.165) is 13.1 Å². The van der Waals surface area contributed by atoms with Crippen molar-refractivity contribution >= 4 is 11.6 Å². The number of carbonyl (C=O) groups is 1. The molecule has 7 heteroatoms. The number of hydrogen-bond acceptors (Lipinski definition) is 5. The molecule has 1 aliphatic heterocycles. The molecular formula is C16H19FN4O2. The lowest BCUT2D eigenvalue weighted by molar-refractivity contribution is -0.117. The van der Waals surface area contributed by atoms with Crippen LogP contribution in [0.25, 0.3) is 0 Å². The van der Waals surface area contributed by atoms with Gasteiger partial charge in [0.2, 0.25) is 0 Å². The van der Waals surface area contributed by atoms with Crippen molar-refractivity contribution in [3.63, 3.8) is 0 Å². The van der Waals surface area contributed by atoms with Gasteiger partial charge < -0.3 is 15.4 Å². The van der Waals surface area contributed by atoms with E-state index in [-0.39, 0.29) is 5.57 Å². The minimum absolute atomic E-state index is 0.0590. The van der Waals surface area contributed by atoms with Gasteiger partial charge in [0.15, 0.2) is 0 Å². The summed E-state index contributed by atoms with van der Waals surface area (Å²) in [6.07, 6.45) is 1.28. The smallest absolute Gasteiger partial charge is 0.263 e. The molecule has 1 fully saturated rings. The van der Waals surface area contributed by atoms with Gasteiger partial charge in [0.1, 0.15) is 17.5 Å². The standard InChI is InChI=1S/C16H19FN4O2/c17-14-2-1-3-15(10-14)20-12-13(11-18)16(22)19-4-5-21-6-8-23-9-7-21/h1-3,10,12,20H,4-9H2,(H,19,22)/b13-12-. The summed E-state index contributed by atoms with van der Waals surface area (Å²) in [5.41, 5.74) is 0.412. The number of ether oxygens (including phenoxy) is 1. The number of nitrogens with one attached hydrogen (secondary N) is 2. The van der Waals surface area contributed by atoms with Gasteiger partial charge in [0.25, 0.3) is 5.91 Å². The van der Waals surface area contributed by atoms with Gasteiger partial charge in [-0.15, -0.1) is 0 Å². The Morgan fingerprint density at radius 2 is 2.22 bits per heavy atom. The van der Waals surface area contributed by atoms with Crippen molar-refractivity contribution in [3.8, 4) is 6.07 Å². The maximum atomic E-state index is 13.1. The van der Waals surface area contributed by atoms with Crippen LogP contribution in [0.4, 0.5) is 10.1 Å². The van der Waals surface area contributed by atoms with Crippen LogP contribution in [0.1, 0.15) is 0 Å². The predicted molar refractivity (Wildman–Crippen MR) is 84.0 cm³/mol. The van der Waals surface area contributed by atoms with Crippen LogP contribution in [-0.4, -0.2) is 50.2 Å². The van der Waals surface area contributed by atoms with E-state index in [1.807, 2.05) is 6.07 Å². The molecule has 0 saturated carbocycles. The topological polar surface area (TPSA) is 77.4 Å². The van der Waals surface area contributed by atoms with Gasteiger partial charge >= 0.3 is 0 Å². The maximum Gasteiger partial charge on any atom is 0.263 e. The second-order valence-corrected chi connectivity index (χ2v) is 5.03. The van der Waals surface area contributed by atoms with Crippen LogP contribution >= 0.6 is 0 Å². The van der Waals surface area contributed by atoms with Crippen LogP contribution in [0.2, 0.25) is 0 Å². The molecule has 0 aromatic heterocycles. The molecule has 6 nitrogen and oxygen atoms in total. The van der Waals surface area contributed by atoms with Crippen LogP contribution < -0.4 is 10.6 Å². The average molecular weight is 318 g/mol. The Morgan fingerprint density at radius 1 is 1.43 bits per heavy atom. The molecule has 2 N–H and O–H groups in total. The van der Waals surface area contributed by atoms with E-state index < -0.39 is 11.7 Å². The molecule has 122 valence electrons. The summed E-state index contributed by atoms with van der Waals surface area (Å²) in [4.78, 5) is 14.1. The lowest BCUT2D eigenvalue weighted by Gasteiger charge is -2.26. The summed E-state index contributed by atoms with van der Waals surface area (Å²) in [5, 5.41) is 14.5. The van der Waals surface area contributed by atoms with Crippen molar-refractivity contribution in [2.24, 2.45) is 0 Å². The number of benzene rings is 1. The summed E-state index contributed by atoms with van der Waals surface area (Å²) in [6.45, 7) is 4.27. The zero-order chi connectivity index (χ0) is 16.5. The van der Waals surface area contributed by atoms with E-state index >= 15 is 0 Å². The number of anilines is 1. The van der Waals surface area contributed by atoms with Crippen LogP contribution in [0, 0.1) is 17.1 Å². The average Bonchev–Trinajstić information content (AvgIpc) is 2.56. The van der Waals surface area contributed by atoms with Gasteiger partial charge in [-0.3, -0.25) is 9.69 Å². The van der Waals surface area contributed by atoms with E-state index in [9.17, 15) is 9.18 Å². The minimum atomic E-state index is -0.454. The fourth-order valence-corrected chi connectivity index (χ4v) is 2.13.